The van der Waals surface area contributed by atoms with Gasteiger partial charge in [0.25, 0.3) is 0 Å². The Hall–Kier alpha value is -1.06. The topological polar surface area (TPSA) is 38.5 Å². The molecule has 108 valence electrons. The first kappa shape index (κ1) is 16.0. The molecule has 2 N–H and O–H groups in total. The first-order valence-corrected chi connectivity index (χ1v) is 6.76. The molecule has 0 aromatic heterocycles. The van der Waals surface area contributed by atoms with E-state index in [9.17, 15) is 0 Å². The number of hydrogen-bond donors (Lipinski definition) is 1. The zero-order valence-electron chi connectivity index (χ0n) is 13.4. The molecule has 0 aliphatic carbocycles. The number of hydrogen-bond acceptors (Lipinski definition) is 3. The summed E-state index contributed by atoms with van der Waals surface area (Å²) >= 11 is 0. The fourth-order valence-electron chi connectivity index (χ4n) is 3.02. The molecule has 0 bridgehead atoms. The molecule has 0 aliphatic rings. The number of aryl methyl sites for hydroxylation is 2. The van der Waals surface area contributed by atoms with Crippen LogP contribution in [0, 0.1) is 19.3 Å². The predicted molar refractivity (Wildman–Crippen MR) is 81.7 cm³/mol. The first-order valence-electron chi connectivity index (χ1n) is 6.76. The summed E-state index contributed by atoms with van der Waals surface area (Å²) in [6.45, 7) is 9.27. The lowest BCUT2D eigenvalue weighted by Gasteiger charge is -2.38. The first-order chi connectivity index (χ1) is 8.74. The number of methoxy groups -OCH3 is 1. The monoisotopic (exact) mass is 264 g/mol. The van der Waals surface area contributed by atoms with E-state index in [2.05, 4.69) is 58.8 Å². The standard InChI is InChI=1S/C16H28N2O/c1-11-8-13(9-12(2)14(11)19-7)15(18(5)6)16(3,4)10-17/h8-9,15H,10,17H2,1-7H3. The molecule has 3 heteroatoms. The summed E-state index contributed by atoms with van der Waals surface area (Å²) in [6.07, 6.45) is 0. The van der Waals surface area contributed by atoms with Gasteiger partial charge in [-0.3, -0.25) is 0 Å². The Kier molecular flexibility index (Phi) is 4.99. The van der Waals surface area contributed by atoms with Gasteiger partial charge in [0, 0.05) is 6.04 Å². The molecular weight excluding hydrogens is 236 g/mol. The second-order valence-corrected chi connectivity index (χ2v) is 6.25. The van der Waals surface area contributed by atoms with E-state index in [1.54, 1.807) is 7.11 Å². The molecule has 0 fully saturated rings. The minimum Gasteiger partial charge on any atom is -0.496 e. The summed E-state index contributed by atoms with van der Waals surface area (Å²) in [5, 5.41) is 0. The normalized spacial score (nSPS) is 13.7. The van der Waals surface area contributed by atoms with E-state index < -0.39 is 0 Å². The van der Waals surface area contributed by atoms with E-state index in [0.717, 1.165) is 5.75 Å². The second kappa shape index (κ2) is 5.93. The van der Waals surface area contributed by atoms with Gasteiger partial charge in [-0.25, -0.2) is 0 Å². The van der Waals surface area contributed by atoms with Crippen LogP contribution in [-0.2, 0) is 0 Å². The third-order valence-corrected chi connectivity index (χ3v) is 3.79. The summed E-state index contributed by atoms with van der Waals surface area (Å²) in [7, 11) is 5.94. The lowest BCUT2D eigenvalue weighted by Crippen LogP contribution is -2.38. The Labute approximate surface area is 117 Å². The van der Waals surface area contributed by atoms with Gasteiger partial charge in [-0.1, -0.05) is 26.0 Å². The van der Waals surface area contributed by atoms with Crippen LogP contribution in [0.15, 0.2) is 12.1 Å². The van der Waals surface area contributed by atoms with Crippen molar-refractivity contribution in [3.63, 3.8) is 0 Å². The van der Waals surface area contributed by atoms with Crippen molar-refractivity contribution in [2.24, 2.45) is 11.1 Å². The summed E-state index contributed by atoms with van der Waals surface area (Å²) in [5.41, 5.74) is 9.65. The van der Waals surface area contributed by atoms with Crippen LogP contribution in [0.5, 0.6) is 5.75 Å². The summed E-state index contributed by atoms with van der Waals surface area (Å²) in [4.78, 5) is 2.24. The van der Waals surface area contributed by atoms with Crippen LogP contribution in [0.2, 0.25) is 0 Å². The van der Waals surface area contributed by atoms with Crippen LogP contribution < -0.4 is 10.5 Å². The molecule has 0 saturated heterocycles. The van der Waals surface area contributed by atoms with Crippen molar-refractivity contribution in [1.82, 2.24) is 4.90 Å². The number of benzene rings is 1. The highest BCUT2D eigenvalue weighted by Gasteiger charge is 2.31. The molecule has 3 nitrogen and oxygen atoms in total. The molecule has 0 heterocycles. The van der Waals surface area contributed by atoms with Crippen molar-refractivity contribution in [2.45, 2.75) is 33.7 Å². The molecule has 1 aromatic rings. The molecule has 0 saturated carbocycles. The Morgan fingerprint density at radius 3 is 2.00 bits per heavy atom. The number of nitrogens with two attached hydrogens (primary N) is 1. The van der Waals surface area contributed by atoms with Gasteiger partial charge in [0.15, 0.2) is 0 Å². The summed E-state index contributed by atoms with van der Waals surface area (Å²) < 4.78 is 5.44. The molecule has 1 unspecified atom stereocenters. The van der Waals surface area contributed by atoms with Gasteiger partial charge in [0.1, 0.15) is 5.75 Å². The van der Waals surface area contributed by atoms with Crippen LogP contribution in [0.1, 0.15) is 36.6 Å². The highest BCUT2D eigenvalue weighted by molar-refractivity contribution is 5.44. The number of rotatable bonds is 5. The van der Waals surface area contributed by atoms with Crippen LogP contribution in [-0.4, -0.2) is 32.6 Å². The Morgan fingerprint density at radius 1 is 1.21 bits per heavy atom. The maximum atomic E-state index is 5.96. The zero-order chi connectivity index (χ0) is 14.8. The van der Waals surface area contributed by atoms with Crippen molar-refractivity contribution in [3.8, 4) is 5.75 Å². The minimum absolute atomic E-state index is 0.0248. The average molecular weight is 264 g/mol. The Morgan fingerprint density at radius 2 is 1.68 bits per heavy atom. The van der Waals surface area contributed by atoms with Crippen LogP contribution in [0.3, 0.4) is 0 Å². The van der Waals surface area contributed by atoms with E-state index in [1.165, 1.54) is 16.7 Å². The Bertz CT molecular complexity index is 415. The van der Waals surface area contributed by atoms with Crippen molar-refractivity contribution in [3.05, 3.63) is 28.8 Å². The van der Waals surface area contributed by atoms with Gasteiger partial charge in [-0.15, -0.1) is 0 Å². The quantitative estimate of drug-likeness (QED) is 0.888. The SMILES string of the molecule is COc1c(C)cc(C(N(C)C)C(C)(C)CN)cc1C. The molecule has 1 aromatic carbocycles. The van der Waals surface area contributed by atoms with Crippen LogP contribution >= 0.6 is 0 Å². The highest BCUT2D eigenvalue weighted by Crippen LogP contribution is 2.38. The van der Waals surface area contributed by atoms with Crippen molar-refractivity contribution in [1.29, 1.82) is 0 Å². The molecule has 1 atom stereocenters. The van der Waals surface area contributed by atoms with E-state index in [4.69, 9.17) is 10.5 Å². The van der Waals surface area contributed by atoms with Crippen LogP contribution in [0.25, 0.3) is 0 Å². The van der Waals surface area contributed by atoms with Crippen LogP contribution in [0.4, 0.5) is 0 Å². The van der Waals surface area contributed by atoms with Gasteiger partial charge in [-0.2, -0.15) is 0 Å². The lowest BCUT2D eigenvalue weighted by atomic mass is 9.79. The molecule has 0 radical (unpaired) electrons. The molecule has 0 spiro atoms. The van der Waals surface area contributed by atoms with E-state index in [0.29, 0.717) is 12.6 Å². The molecule has 1 rings (SSSR count). The van der Waals surface area contributed by atoms with Gasteiger partial charge in [0.05, 0.1) is 7.11 Å². The maximum absolute atomic E-state index is 5.96. The van der Waals surface area contributed by atoms with Gasteiger partial charge in [-0.05, 0) is 56.6 Å². The smallest absolute Gasteiger partial charge is 0.124 e. The van der Waals surface area contributed by atoms with Gasteiger partial charge >= 0.3 is 0 Å². The zero-order valence-corrected chi connectivity index (χ0v) is 13.4. The Balaban J connectivity index is 3.33. The average Bonchev–Trinajstić information content (AvgIpc) is 2.27. The third-order valence-electron chi connectivity index (χ3n) is 3.79. The van der Waals surface area contributed by atoms with Crippen molar-refractivity contribution >= 4 is 0 Å². The van der Waals surface area contributed by atoms with E-state index in [-0.39, 0.29) is 5.41 Å². The fourth-order valence-corrected chi connectivity index (χ4v) is 3.02. The van der Waals surface area contributed by atoms with Gasteiger partial charge in [0.2, 0.25) is 0 Å². The second-order valence-electron chi connectivity index (χ2n) is 6.25. The maximum Gasteiger partial charge on any atom is 0.124 e. The summed E-state index contributed by atoms with van der Waals surface area (Å²) in [6, 6.07) is 4.72. The molecule has 0 amide bonds. The minimum atomic E-state index is 0.0248. The number of ether oxygens (including phenoxy) is 1. The largest absolute Gasteiger partial charge is 0.496 e. The third kappa shape index (κ3) is 3.28. The number of nitrogens with zero attached hydrogens (tertiary/aromatic N) is 1. The van der Waals surface area contributed by atoms with E-state index in [1.807, 2.05) is 0 Å². The molecule has 0 aliphatic heterocycles. The molecular formula is C16H28N2O. The summed E-state index contributed by atoms with van der Waals surface area (Å²) in [5.74, 6) is 0.979. The lowest BCUT2D eigenvalue weighted by molar-refractivity contribution is 0.143. The highest BCUT2D eigenvalue weighted by atomic mass is 16.5. The van der Waals surface area contributed by atoms with Gasteiger partial charge < -0.3 is 15.4 Å². The van der Waals surface area contributed by atoms with Crippen molar-refractivity contribution < 1.29 is 4.74 Å². The van der Waals surface area contributed by atoms with E-state index >= 15 is 0 Å². The molecule has 19 heavy (non-hydrogen) atoms. The fraction of sp³-hybridized carbons (Fsp3) is 0.625. The van der Waals surface area contributed by atoms with Crippen molar-refractivity contribution in [2.75, 3.05) is 27.7 Å². The predicted octanol–water partition coefficient (Wildman–Crippen LogP) is 2.90.